The lowest BCUT2D eigenvalue weighted by Crippen LogP contribution is -2.37. The highest BCUT2D eigenvalue weighted by Crippen LogP contribution is 2.25. The van der Waals surface area contributed by atoms with E-state index in [4.69, 9.17) is 11.6 Å². The summed E-state index contributed by atoms with van der Waals surface area (Å²) in [4.78, 5) is 0.336. The predicted octanol–water partition coefficient (Wildman–Crippen LogP) is 2.55. The molecule has 0 saturated carbocycles. The molecular weight excluding hydrogens is 298 g/mol. The molecule has 1 rings (SSSR count). The molecule has 0 aliphatic heterocycles. The molecular formula is C13H24ClN3O2S. The molecule has 0 bridgehead atoms. The Balaban J connectivity index is 3.28. The van der Waals surface area contributed by atoms with Crippen LogP contribution < -0.4 is 0 Å². The first-order valence-corrected chi connectivity index (χ1v) is 8.86. The highest BCUT2D eigenvalue weighted by Gasteiger charge is 2.31. The van der Waals surface area contributed by atoms with Gasteiger partial charge in [0.05, 0.1) is 11.4 Å². The third kappa shape index (κ3) is 3.35. The zero-order valence-corrected chi connectivity index (χ0v) is 14.4. The summed E-state index contributed by atoms with van der Waals surface area (Å²) in [7, 11) is -3.50. The van der Waals surface area contributed by atoms with Crippen molar-refractivity contribution in [1.82, 2.24) is 14.1 Å². The Hall–Kier alpha value is -0.590. The van der Waals surface area contributed by atoms with Gasteiger partial charge in [-0.2, -0.15) is 9.40 Å². The average Bonchev–Trinajstić information content (AvgIpc) is 2.61. The molecule has 5 nitrogen and oxygen atoms in total. The molecule has 0 amide bonds. The molecule has 0 saturated heterocycles. The molecule has 0 aromatic carbocycles. The SMILES string of the molecule is CCN(C(C)C)S(=O)(=O)c1c(C)nn(CCCCl)c1C. The van der Waals surface area contributed by atoms with Crippen LogP contribution in [0.3, 0.4) is 0 Å². The van der Waals surface area contributed by atoms with Gasteiger partial charge in [-0.15, -0.1) is 11.6 Å². The summed E-state index contributed by atoms with van der Waals surface area (Å²) in [6.07, 6.45) is 0.769. The van der Waals surface area contributed by atoms with Crippen LogP contribution in [0.15, 0.2) is 4.90 Å². The van der Waals surface area contributed by atoms with E-state index >= 15 is 0 Å². The van der Waals surface area contributed by atoms with Crippen LogP contribution in [0.1, 0.15) is 38.6 Å². The predicted molar refractivity (Wildman–Crippen MR) is 81.7 cm³/mol. The number of nitrogens with zero attached hydrogens (tertiary/aromatic N) is 3. The van der Waals surface area contributed by atoms with E-state index in [1.54, 1.807) is 18.5 Å². The van der Waals surface area contributed by atoms with E-state index in [2.05, 4.69) is 5.10 Å². The first-order chi connectivity index (χ1) is 9.27. The highest BCUT2D eigenvalue weighted by molar-refractivity contribution is 7.89. The highest BCUT2D eigenvalue weighted by atomic mass is 35.5. The molecule has 1 aromatic heterocycles. The Kier molecular flexibility index (Phi) is 6.04. The summed E-state index contributed by atoms with van der Waals surface area (Å²) in [5.74, 6) is 0.535. The lowest BCUT2D eigenvalue weighted by molar-refractivity contribution is 0.368. The smallest absolute Gasteiger partial charge is 0.246 e. The van der Waals surface area contributed by atoms with Crippen molar-refractivity contribution in [3.63, 3.8) is 0 Å². The lowest BCUT2D eigenvalue weighted by Gasteiger charge is -2.24. The molecule has 0 N–H and O–H groups in total. The molecule has 0 atom stereocenters. The van der Waals surface area contributed by atoms with Gasteiger partial charge in [0.25, 0.3) is 0 Å². The van der Waals surface area contributed by atoms with Crippen LogP contribution in [-0.4, -0.2) is 41.0 Å². The van der Waals surface area contributed by atoms with Crippen LogP contribution in [-0.2, 0) is 16.6 Å². The maximum atomic E-state index is 12.8. The summed E-state index contributed by atoms with van der Waals surface area (Å²) in [6, 6.07) is -0.0741. The van der Waals surface area contributed by atoms with E-state index in [1.807, 2.05) is 20.8 Å². The van der Waals surface area contributed by atoms with Gasteiger partial charge in [0.2, 0.25) is 10.0 Å². The average molecular weight is 322 g/mol. The Morgan fingerprint density at radius 2 is 1.95 bits per heavy atom. The summed E-state index contributed by atoms with van der Waals surface area (Å²) < 4.78 is 28.8. The van der Waals surface area contributed by atoms with Gasteiger partial charge in [-0.25, -0.2) is 8.42 Å². The number of hydrogen-bond acceptors (Lipinski definition) is 3. The molecule has 0 aliphatic carbocycles. The molecule has 0 unspecified atom stereocenters. The van der Waals surface area contributed by atoms with Crippen molar-refractivity contribution in [3.8, 4) is 0 Å². The summed E-state index contributed by atoms with van der Waals surface area (Å²) in [5.41, 5.74) is 1.24. The van der Waals surface area contributed by atoms with Gasteiger partial charge >= 0.3 is 0 Å². The van der Waals surface area contributed by atoms with E-state index in [-0.39, 0.29) is 6.04 Å². The van der Waals surface area contributed by atoms with E-state index in [1.165, 1.54) is 4.31 Å². The molecule has 0 aliphatic rings. The van der Waals surface area contributed by atoms with Crippen molar-refractivity contribution < 1.29 is 8.42 Å². The molecule has 116 valence electrons. The molecule has 0 fully saturated rings. The maximum absolute atomic E-state index is 12.8. The fourth-order valence-corrected chi connectivity index (χ4v) is 4.55. The Morgan fingerprint density at radius 3 is 2.40 bits per heavy atom. The van der Waals surface area contributed by atoms with Gasteiger partial charge in [0, 0.05) is 25.0 Å². The molecule has 0 radical (unpaired) electrons. The third-order valence-electron chi connectivity index (χ3n) is 3.27. The number of alkyl halides is 1. The van der Waals surface area contributed by atoms with Crippen LogP contribution in [0.2, 0.25) is 0 Å². The van der Waals surface area contributed by atoms with Crippen LogP contribution in [0.25, 0.3) is 0 Å². The largest absolute Gasteiger partial charge is 0.268 e. The Morgan fingerprint density at radius 1 is 1.35 bits per heavy atom. The zero-order valence-electron chi connectivity index (χ0n) is 12.9. The molecule has 0 spiro atoms. The molecule has 1 aromatic rings. The lowest BCUT2D eigenvalue weighted by atomic mass is 10.4. The van der Waals surface area contributed by atoms with Gasteiger partial charge in [-0.05, 0) is 34.1 Å². The number of aryl methyl sites for hydroxylation is 2. The van der Waals surface area contributed by atoms with Crippen molar-refractivity contribution in [1.29, 1.82) is 0 Å². The first-order valence-electron chi connectivity index (χ1n) is 6.89. The van der Waals surface area contributed by atoms with Gasteiger partial charge in [-0.3, -0.25) is 4.68 Å². The standard InChI is InChI=1S/C13H24ClN3O2S/c1-6-17(10(2)3)20(18,19)13-11(4)15-16(12(13)5)9-7-8-14/h10H,6-9H2,1-5H3. The van der Waals surface area contributed by atoms with Gasteiger partial charge in [0.15, 0.2) is 0 Å². The fourth-order valence-electron chi connectivity index (χ4n) is 2.41. The summed E-state index contributed by atoms with van der Waals surface area (Å²) >= 11 is 5.69. The molecule has 7 heteroatoms. The summed E-state index contributed by atoms with van der Waals surface area (Å²) in [6.45, 7) is 10.2. The van der Waals surface area contributed by atoms with Gasteiger partial charge in [-0.1, -0.05) is 6.92 Å². The van der Waals surface area contributed by atoms with E-state index in [9.17, 15) is 8.42 Å². The zero-order chi connectivity index (χ0) is 15.5. The van der Waals surface area contributed by atoms with E-state index in [0.717, 1.165) is 6.42 Å². The fraction of sp³-hybridized carbons (Fsp3) is 0.769. The van der Waals surface area contributed by atoms with Crippen molar-refractivity contribution in [2.24, 2.45) is 0 Å². The van der Waals surface area contributed by atoms with E-state index < -0.39 is 10.0 Å². The van der Waals surface area contributed by atoms with Crippen LogP contribution in [0, 0.1) is 13.8 Å². The minimum Gasteiger partial charge on any atom is -0.268 e. The number of rotatable bonds is 7. The van der Waals surface area contributed by atoms with Crippen molar-refractivity contribution in [3.05, 3.63) is 11.4 Å². The van der Waals surface area contributed by atoms with Crippen molar-refractivity contribution >= 4 is 21.6 Å². The number of halogens is 1. The minimum absolute atomic E-state index is 0.0741. The van der Waals surface area contributed by atoms with Crippen LogP contribution in [0.5, 0.6) is 0 Å². The van der Waals surface area contributed by atoms with Crippen LogP contribution in [0.4, 0.5) is 0 Å². The topological polar surface area (TPSA) is 55.2 Å². The third-order valence-corrected chi connectivity index (χ3v) is 5.94. The minimum atomic E-state index is -3.50. The van der Waals surface area contributed by atoms with Gasteiger partial charge < -0.3 is 0 Å². The quantitative estimate of drug-likeness (QED) is 0.725. The van der Waals surface area contributed by atoms with Gasteiger partial charge in [0.1, 0.15) is 4.90 Å². The Labute approximate surface area is 127 Å². The number of hydrogen-bond donors (Lipinski definition) is 0. The normalized spacial score (nSPS) is 12.6. The van der Waals surface area contributed by atoms with Crippen molar-refractivity contribution in [2.45, 2.75) is 58.5 Å². The second-order valence-corrected chi connectivity index (χ2v) is 7.27. The van der Waals surface area contributed by atoms with Crippen molar-refractivity contribution in [2.75, 3.05) is 12.4 Å². The molecule has 20 heavy (non-hydrogen) atoms. The monoisotopic (exact) mass is 321 g/mol. The van der Waals surface area contributed by atoms with Crippen LogP contribution >= 0.6 is 11.6 Å². The first kappa shape index (κ1) is 17.5. The maximum Gasteiger partial charge on any atom is 0.246 e. The Bertz CT molecular complexity index is 552. The number of aromatic nitrogens is 2. The second kappa shape index (κ2) is 6.91. The molecule has 1 heterocycles. The second-order valence-electron chi connectivity index (χ2n) is 5.07. The van der Waals surface area contributed by atoms with E-state index in [0.29, 0.717) is 35.3 Å². The summed E-state index contributed by atoms with van der Waals surface area (Å²) in [5, 5.41) is 4.34. The number of sulfonamides is 1.